The highest BCUT2D eigenvalue weighted by Gasteiger charge is 2.19. The van der Waals surface area contributed by atoms with E-state index in [1.165, 1.54) is 12.1 Å². The van der Waals surface area contributed by atoms with Crippen LogP contribution < -0.4 is 4.74 Å². The largest absolute Gasteiger partial charge is 0.449 e. The smallest absolute Gasteiger partial charge is 0.313 e. The molecule has 98 valence electrons. The van der Waals surface area contributed by atoms with Gasteiger partial charge in [0, 0.05) is 12.1 Å². The van der Waals surface area contributed by atoms with E-state index in [2.05, 4.69) is 22.6 Å². The molecule has 0 N–H and O–H groups in total. The highest BCUT2D eigenvalue weighted by molar-refractivity contribution is 14.1. The van der Waals surface area contributed by atoms with Crippen LogP contribution in [-0.4, -0.2) is 4.92 Å². The van der Waals surface area contributed by atoms with Crippen molar-refractivity contribution in [1.82, 2.24) is 0 Å². The molecule has 7 heteroatoms. The molecule has 19 heavy (non-hydrogen) atoms. The fourth-order valence-corrected chi connectivity index (χ4v) is 2.20. The van der Waals surface area contributed by atoms with Crippen LogP contribution in [0.1, 0.15) is 0 Å². The van der Waals surface area contributed by atoms with Gasteiger partial charge in [-0.3, -0.25) is 10.1 Å². The fraction of sp³-hybridized carbons (Fsp3) is 0. The third-order valence-electron chi connectivity index (χ3n) is 2.26. The van der Waals surface area contributed by atoms with E-state index in [1.807, 2.05) is 12.1 Å². The first-order valence-corrected chi connectivity index (χ1v) is 6.88. The molecule has 0 fully saturated rings. The van der Waals surface area contributed by atoms with Gasteiger partial charge < -0.3 is 4.74 Å². The van der Waals surface area contributed by atoms with E-state index < -0.39 is 4.92 Å². The molecule has 0 spiro atoms. The lowest BCUT2D eigenvalue weighted by Gasteiger charge is -2.09. The van der Waals surface area contributed by atoms with E-state index in [0.29, 0.717) is 5.75 Å². The van der Waals surface area contributed by atoms with Crippen molar-refractivity contribution >= 4 is 51.5 Å². The zero-order chi connectivity index (χ0) is 14.0. The Hall–Kier alpha value is -1.05. The summed E-state index contributed by atoms with van der Waals surface area (Å²) in [4.78, 5) is 10.4. The summed E-state index contributed by atoms with van der Waals surface area (Å²) in [5, 5.41) is 11.3. The first-order valence-electron chi connectivity index (χ1n) is 5.05. The van der Waals surface area contributed by atoms with E-state index in [0.717, 1.165) is 3.57 Å². The number of nitro benzene ring substituents is 1. The minimum Gasteiger partial charge on any atom is -0.449 e. The minimum atomic E-state index is -0.562. The monoisotopic (exact) mass is 409 g/mol. The minimum absolute atomic E-state index is 0.0588. The standard InChI is InChI=1S/C12H6Cl2INO3/c13-7-5-10(16(17)18)12(6-8(7)14)19-11-4-2-1-3-9(11)15/h1-6H. The molecule has 2 rings (SSSR count). The zero-order valence-electron chi connectivity index (χ0n) is 9.27. The Morgan fingerprint density at radius 1 is 1.11 bits per heavy atom. The van der Waals surface area contributed by atoms with Crippen molar-refractivity contribution in [1.29, 1.82) is 0 Å². The highest BCUT2D eigenvalue weighted by atomic mass is 127. The van der Waals surface area contributed by atoms with Gasteiger partial charge in [0.25, 0.3) is 0 Å². The maximum absolute atomic E-state index is 11.0. The van der Waals surface area contributed by atoms with Gasteiger partial charge in [-0.25, -0.2) is 0 Å². The predicted octanol–water partition coefficient (Wildman–Crippen LogP) is 5.30. The second-order valence-electron chi connectivity index (χ2n) is 3.52. The molecule has 0 saturated carbocycles. The number of ether oxygens (including phenoxy) is 1. The molecule has 4 nitrogen and oxygen atoms in total. The lowest BCUT2D eigenvalue weighted by molar-refractivity contribution is -0.385. The molecule has 0 aliphatic heterocycles. The van der Waals surface area contributed by atoms with Crippen molar-refractivity contribution < 1.29 is 9.66 Å². The van der Waals surface area contributed by atoms with Gasteiger partial charge >= 0.3 is 5.69 Å². The van der Waals surface area contributed by atoms with Gasteiger partial charge in [-0.15, -0.1) is 0 Å². The number of nitro groups is 1. The van der Waals surface area contributed by atoms with E-state index in [4.69, 9.17) is 27.9 Å². The van der Waals surface area contributed by atoms with Gasteiger partial charge in [-0.1, -0.05) is 35.3 Å². The van der Waals surface area contributed by atoms with Gasteiger partial charge in [0.15, 0.2) is 0 Å². The van der Waals surface area contributed by atoms with Crippen LogP contribution in [-0.2, 0) is 0 Å². The van der Waals surface area contributed by atoms with Gasteiger partial charge in [-0.2, -0.15) is 0 Å². The number of benzene rings is 2. The molecule has 0 unspecified atom stereocenters. The number of hydrogen-bond donors (Lipinski definition) is 0. The normalized spacial score (nSPS) is 10.3. The molecule has 0 radical (unpaired) electrons. The Labute approximate surface area is 132 Å². The molecule has 0 bridgehead atoms. The Balaban J connectivity index is 2.48. The van der Waals surface area contributed by atoms with Gasteiger partial charge in [0.2, 0.25) is 5.75 Å². The molecule has 0 saturated heterocycles. The Morgan fingerprint density at radius 3 is 2.37 bits per heavy atom. The molecular formula is C12H6Cl2INO3. The summed E-state index contributed by atoms with van der Waals surface area (Å²) in [7, 11) is 0. The third-order valence-corrected chi connectivity index (χ3v) is 3.87. The van der Waals surface area contributed by atoms with Crippen LogP contribution in [0, 0.1) is 13.7 Å². The lowest BCUT2D eigenvalue weighted by Crippen LogP contribution is -1.95. The lowest BCUT2D eigenvalue weighted by atomic mass is 10.3. The van der Waals surface area contributed by atoms with Crippen LogP contribution >= 0.6 is 45.8 Å². The molecule has 0 aromatic heterocycles. The third kappa shape index (κ3) is 3.29. The molecule has 0 atom stereocenters. The molecular weight excluding hydrogens is 404 g/mol. The van der Waals surface area contributed by atoms with E-state index in [9.17, 15) is 10.1 Å². The second kappa shape index (κ2) is 5.94. The summed E-state index contributed by atoms with van der Waals surface area (Å²) in [5.41, 5.74) is -0.228. The first kappa shape index (κ1) is 14.4. The maximum Gasteiger partial charge on any atom is 0.313 e. The number of para-hydroxylation sites is 1. The van der Waals surface area contributed by atoms with Crippen molar-refractivity contribution in [3.05, 3.63) is 60.1 Å². The Morgan fingerprint density at radius 2 is 1.74 bits per heavy atom. The van der Waals surface area contributed by atoms with Crippen LogP contribution in [0.2, 0.25) is 10.0 Å². The summed E-state index contributed by atoms with van der Waals surface area (Å²) < 4.78 is 6.38. The molecule has 0 heterocycles. The van der Waals surface area contributed by atoms with E-state index in [1.54, 1.807) is 12.1 Å². The molecule has 2 aromatic carbocycles. The highest BCUT2D eigenvalue weighted by Crippen LogP contribution is 2.38. The SMILES string of the molecule is O=[N+]([O-])c1cc(Cl)c(Cl)cc1Oc1ccccc1I. The van der Waals surface area contributed by atoms with Crippen molar-refractivity contribution in [3.8, 4) is 11.5 Å². The first-order chi connectivity index (χ1) is 8.99. The number of nitrogens with zero attached hydrogens (tertiary/aromatic N) is 1. The van der Waals surface area contributed by atoms with Crippen LogP contribution in [0.4, 0.5) is 5.69 Å². The van der Waals surface area contributed by atoms with Crippen LogP contribution in [0.5, 0.6) is 11.5 Å². The average molecular weight is 410 g/mol. The summed E-state index contributed by atoms with van der Waals surface area (Å²) in [5.74, 6) is 0.577. The molecule has 0 aliphatic carbocycles. The fourth-order valence-electron chi connectivity index (χ4n) is 1.39. The summed E-state index contributed by atoms with van der Waals surface area (Å²) in [6.45, 7) is 0. The van der Waals surface area contributed by atoms with Crippen LogP contribution in [0.3, 0.4) is 0 Å². The predicted molar refractivity (Wildman–Crippen MR) is 82.3 cm³/mol. The van der Waals surface area contributed by atoms with Crippen molar-refractivity contribution in [2.75, 3.05) is 0 Å². The number of rotatable bonds is 3. The summed E-state index contributed by atoms with van der Waals surface area (Å²) in [6, 6.07) is 9.69. The van der Waals surface area contributed by atoms with Gasteiger partial charge in [0.05, 0.1) is 18.5 Å². The molecule has 0 aliphatic rings. The van der Waals surface area contributed by atoms with E-state index >= 15 is 0 Å². The van der Waals surface area contributed by atoms with Crippen molar-refractivity contribution in [2.24, 2.45) is 0 Å². The summed E-state index contributed by atoms with van der Waals surface area (Å²) >= 11 is 13.7. The second-order valence-corrected chi connectivity index (χ2v) is 5.50. The maximum atomic E-state index is 11.0. The van der Waals surface area contributed by atoms with Crippen LogP contribution in [0.15, 0.2) is 36.4 Å². The Kier molecular flexibility index (Phi) is 4.49. The zero-order valence-corrected chi connectivity index (χ0v) is 12.9. The molecule has 2 aromatic rings. The van der Waals surface area contributed by atoms with Crippen molar-refractivity contribution in [3.63, 3.8) is 0 Å². The number of halogens is 3. The Bertz CT molecular complexity index is 649. The van der Waals surface area contributed by atoms with Crippen LogP contribution in [0.25, 0.3) is 0 Å². The molecule has 0 amide bonds. The average Bonchev–Trinajstić information content (AvgIpc) is 2.36. The number of hydrogen-bond acceptors (Lipinski definition) is 3. The van der Waals surface area contributed by atoms with Crippen molar-refractivity contribution in [2.45, 2.75) is 0 Å². The summed E-state index contributed by atoms with van der Waals surface area (Å²) in [6.07, 6.45) is 0. The topological polar surface area (TPSA) is 52.4 Å². The van der Waals surface area contributed by atoms with Gasteiger partial charge in [0.1, 0.15) is 5.75 Å². The van der Waals surface area contributed by atoms with E-state index in [-0.39, 0.29) is 21.5 Å². The van der Waals surface area contributed by atoms with Gasteiger partial charge in [-0.05, 0) is 34.7 Å². The quantitative estimate of drug-likeness (QED) is 0.392.